The minimum atomic E-state index is 0.580. The number of piperazine rings is 1. The van der Waals surface area contributed by atoms with Gasteiger partial charge in [-0.3, -0.25) is 4.98 Å². The van der Waals surface area contributed by atoms with E-state index in [-0.39, 0.29) is 0 Å². The van der Waals surface area contributed by atoms with Gasteiger partial charge in [0.05, 0.1) is 0 Å². The van der Waals surface area contributed by atoms with Crippen molar-refractivity contribution in [2.45, 2.75) is 6.54 Å². The Balaban J connectivity index is 1.67. The van der Waals surface area contributed by atoms with Gasteiger partial charge in [-0.2, -0.15) is 9.61 Å². The average Bonchev–Trinajstić information content (AvgIpc) is 3.02. The number of nitrogens with zero attached hydrogens (tertiary/aromatic N) is 5. The molecule has 2 radical (unpaired) electrons. The molecule has 1 aliphatic heterocycles. The summed E-state index contributed by atoms with van der Waals surface area (Å²) >= 11 is 0. The third-order valence-corrected chi connectivity index (χ3v) is 4.12. The molecule has 3 aromatic rings. The number of nitrogens with one attached hydrogen (secondary N) is 2. The van der Waals surface area contributed by atoms with E-state index in [9.17, 15) is 0 Å². The molecule has 0 saturated carbocycles. The first kappa shape index (κ1) is 15.0. The molecule has 1 saturated heterocycles. The molecule has 0 aromatic carbocycles. The second-order valence-corrected chi connectivity index (χ2v) is 5.79. The van der Waals surface area contributed by atoms with Gasteiger partial charge in [-0.25, -0.2) is 4.98 Å². The van der Waals surface area contributed by atoms with E-state index in [0.717, 1.165) is 43.4 Å². The van der Waals surface area contributed by atoms with Crippen LogP contribution in [-0.2, 0) is 6.54 Å². The Hall–Kier alpha value is -2.61. The average molecular weight is 319 g/mol. The number of hydrogen-bond acceptors (Lipinski definition) is 6. The quantitative estimate of drug-likeness (QED) is 0.657. The third-order valence-electron chi connectivity index (χ3n) is 4.12. The zero-order valence-electron chi connectivity index (χ0n) is 13.3. The summed E-state index contributed by atoms with van der Waals surface area (Å²) in [4.78, 5) is 11.1. The van der Waals surface area contributed by atoms with Gasteiger partial charge in [-0.05, 0) is 17.1 Å². The van der Waals surface area contributed by atoms with Crippen molar-refractivity contribution in [3.05, 3.63) is 42.4 Å². The van der Waals surface area contributed by atoms with Gasteiger partial charge in [0, 0.05) is 57.4 Å². The largest absolute Gasteiger partial charge is 0.366 e. The molecule has 0 unspecified atom stereocenters. The molecule has 0 atom stereocenters. The molecule has 4 rings (SSSR count). The summed E-state index contributed by atoms with van der Waals surface area (Å²) < 4.78 is 1.75. The number of fused-ring (bicyclic) bond motifs is 1. The Morgan fingerprint density at radius 3 is 2.92 bits per heavy atom. The molecule has 8 heteroatoms. The minimum absolute atomic E-state index is 0.580. The molecule has 0 spiro atoms. The highest BCUT2D eigenvalue weighted by Crippen LogP contribution is 2.19. The zero-order chi connectivity index (χ0) is 16.4. The van der Waals surface area contributed by atoms with Crippen LogP contribution >= 0.6 is 0 Å². The van der Waals surface area contributed by atoms with Crippen LogP contribution in [0.25, 0.3) is 5.65 Å². The lowest BCUT2D eigenvalue weighted by Gasteiger charge is -2.29. The molecular formula is C16H18BN7. The Labute approximate surface area is 141 Å². The monoisotopic (exact) mass is 319 g/mol. The number of rotatable bonds is 4. The van der Waals surface area contributed by atoms with Gasteiger partial charge in [0.1, 0.15) is 19.5 Å². The molecule has 2 N–H and O–H groups in total. The standard InChI is InChI=1S/C16H18BN7/c17-13-11-21-24-14(20-10-12-2-1-3-19-9-12)8-15(22-16(13)24)23-6-4-18-5-7-23/h1-3,8-9,11,18,20H,4-7,10H2. The molecule has 3 aromatic heterocycles. The summed E-state index contributed by atoms with van der Waals surface area (Å²) in [6.45, 7) is 4.44. The Bertz CT molecular complexity index is 827. The van der Waals surface area contributed by atoms with Gasteiger partial charge >= 0.3 is 0 Å². The van der Waals surface area contributed by atoms with Gasteiger partial charge < -0.3 is 15.5 Å². The summed E-state index contributed by atoms with van der Waals surface area (Å²) in [5.74, 6) is 1.79. The highest BCUT2D eigenvalue weighted by atomic mass is 15.3. The van der Waals surface area contributed by atoms with Crippen LogP contribution in [0.15, 0.2) is 36.8 Å². The Morgan fingerprint density at radius 2 is 2.12 bits per heavy atom. The smallest absolute Gasteiger partial charge is 0.152 e. The second kappa shape index (κ2) is 6.49. The van der Waals surface area contributed by atoms with E-state index in [1.807, 2.05) is 24.4 Å². The van der Waals surface area contributed by atoms with E-state index in [1.165, 1.54) is 0 Å². The molecule has 0 aliphatic carbocycles. The van der Waals surface area contributed by atoms with E-state index in [2.05, 4.69) is 25.6 Å². The Kier molecular flexibility index (Phi) is 4.04. The maximum atomic E-state index is 6.04. The van der Waals surface area contributed by atoms with Crippen molar-refractivity contribution in [3.8, 4) is 0 Å². The van der Waals surface area contributed by atoms with Crippen molar-refractivity contribution in [1.29, 1.82) is 0 Å². The molecule has 4 heterocycles. The summed E-state index contributed by atoms with van der Waals surface area (Å²) in [5, 5.41) is 11.1. The fraction of sp³-hybridized carbons (Fsp3) is 0.312. The first-order valence-electron chi connectivity index (χ1n) is 8.04. The molecule has 1 fully saturated rings. The molecule has 7 nitrogen and oxygen atoms in total. The highest BCUT2D eigenvalue weighted by Gasteiger charge is 2.16. The van der Waals surface area contributed by atoms with Gasteiger partial charge in [-0.15, -0.1) is 0 Å². The van der Waals surface area contributed by atoms with Gasteiger partial charge in [-0.1, -0.05) is 6.07 Å². The van der Waals surface area contributed by atoms with E-state index < -0.39 is 0 Å². The highest BCUT2D eigenvalue weighted by molar-refractivity contribution is 6.36. The number of anilines is 2. The predicted octanol–water partition coefficient (Wildman–Crippen LogP) is -0.0602. The van der Waals surface area contributed by atoms with Crippen molar-refractivity contribution in [3.63, 3.8) is 0 Å². The van der Waals surface area contributed by atoms with Crippen LogP contribution in [0.4, 0.5) is 11.6 Å². The topological polar surface area (TPSA) is 70.4 Å². The van der Waals surface area contributed by atoms with Crippen LogP contribution in [0.5, 0.6) is 0 Å². The zero-order valence-corrected chi connectivity index (χ0v) is 13.3. The van der Waals surface area contributed by atoms with E-state index in [4.69, 9.17) is 12.8 Å². The summed E-state index contributed by atoms with van der Waals surface area (Å²) in [5.41, 5.74) is 2.36. The SMILES string of the molecule is [B]c1cnn2c(NCc3cccnc3)cc(N3CCNCC3)nc12. The van der Waals surface area contributed by atoms with Crippen molar-refractivity contribution in [2.24, 2.45) is 0 Å². The van der Waals surface area contributed by atoms with Crippen molar-refractivity contribution in [1.82, 2.24) is 24.9 Å². The van der Waals surface area contributed by atoms with Crippen molar-refractivity contribution >= 4 is 30.6 Å². The normalized spacial score (nSPS) is 14.9. The molecular weight excluding hydrogens is 301 g/mol. The maximum Gasteiger partial charge on any atom is 0.152 e. The van der Waals surface area contributed by atoms with Crippen molar-refractivity contribution in [2.75, 3.05) is 36.4 Å². The van der Waals surface area contributed by atoms with Crippen LogP contribution in [-0.4, -0.2) is 53.6 Å². The summed E-state index contributed by atoms with van der Waals surface area (Å²) in [6.07, 6.45) is 5.25. The number of hydrogen-bond donors (Lipinski definition) is 2. The van der Waals surface area contributed by atoms with Crippen LogP contribution in [0.1, 0.15) is 5.56 Å². The minimum Gasteiger partial charge on any atom is -0.366 e. The van der Waals surface area contributed by atoms with Crippen LogP contribution in [0.2, 0.25) is 0 Å². The lowest BCUT2D eigenvalue weighted by atomic mass is 10.0. The molecule has 1 aliphatic rings. The number of aromatic nitrogens is 4. The molecule has 0 amide bonds. The lowest BCUT2D eigenvalue weighted by Crippen LogP contribution is -2.44. The van der Waals surface area contributed by atoms with E-state index in [1.54, 1.807) is 16.9 Å². The first-order chi connectivity index (χ1) is 11.8. The van der Waals surface area contributed by atoms with Gasteiger partial charge in [0.25, 0.3) is 0 Å². The molecule has 120 valence electrons. The van der Waals surface area contributed by atoms with Crippen molar-refractivity contribution < 1.29 is 0 Å². The predicted molar refractivity (Wildman–Crippen MR) is 95.0 cm³/mol. The lowest BCUT2D eigenvalue weighted by molar-refractivity contribution is 0.585. The number of pyridine rings is 1. The second-order valence-electron chi connectivity index (χ2n) is 5.79. The Morgan fingerprint density at radius 1 is 1.25 bits per heavy atom. The molecule has 0 bridgehead atoms. The van der Waals surface area contributed by atoms with Crippen LogP contribution in [0.3, 0.4) is 0 Å². The van der Waals surface area contributed by atoms with Gasteiger partial charge in [0.2, 0.25) is 0 Å². The first-order valence-corrected chi connectivity index (χ1v) is 8.04. The fourth-order valence-electron chi connectivity index (χ4n) is 2.84. The fourth-order valence-corrected chi connectivity index (χ4v) is 2.84. The van der Waals surface area contributed by atoms with Crippen LogP contribution in [0, 0.1) is 0 Å². The van der Waals surface area contributed by atoms with E-state index in [0.29, 0.717) is 17.7 Å². The molecule has 24 heavy (non-hydrogen) atoms. The summed E-state index contributed by atoms with van der Waals surface area (Å²) in [7, 11) is 6.04. The van der Waals surface area contributed by atoms with Gasteiger partial charge in [0.15, 0.2) is 5.65 Å². The summed E-state index contributed by atoms with van der Waals surface area (Å²) in [6, 6.07) is 5.99. The van der Waals surface area contributed by atoms with E-state index >= 15 is 0 Å². The maximum absolute atomic E-state index is 6.04. The third kappa shape index (κ3) is 2.92. The van der Waals surface area contributed by atoms with Crippen LogP contribution < -0.4 is 21.0 Å².